The molecule has 0 radical (unpaired) electrons. The van der Waals surface area contributed by atoms with Gasteiger partial charge >= 0.3 is 0 Å². The maximum Gasteiger partial charge on any atom is 0.280 e. The number of halogens is 2. The van der Waals surface area contributed by atoms with Gasteiger partial charge in [0, 0.05) is 26.3 Å². The Bertz CT molecular complexity index is 882. The molecule has 0 bridgehead atoms. The molecule has 1 amide bonds. The number of amides is 1. The van der Waals surface area contributed by atoms with Crippen molar-refractivity contribution in [2.75, 3.05) is 32.1 Å². The van der Waals surface area contributed by atoms with E-state index in [1.54, 1.807) is 28.9 Å². The van der Waals surface area contributed by atoms with Crippen LogP contribution in [0.5, 0.6) is 0 Å². The molecule has 0 fully saturated rings. The van der Waals surface area contributed by atoms with Crippen LogP contribution in [0.25, 0.3) is 10.2 Å². The maximum absolute atomic E-state index is 13.0. The third-order valence-electron chi connectivity index (χ3n) is 3.87. The lowest BCUT2D eigenvalue weighted by Crippen LogP contribution is -2.37. The van der Waals surface area contributed by atoms with Gasteiger partial charge in [0.2, 0.25) is 0 Å². The van der Waals surface area contributed by atoms with Crippen molar-refractivity contribution in [2.45, 2.75) is 6.92 Å². The number of hydrogen-bond donors (Lipinski definition) is 0. The Balaban J connectivity index is 0.00000243. The Labute approximate surface area is 167 Å². The Hall–Kier alpha value is -1.67. The number of carbonyl (C=O) groups excluding carboxylic acids is 1. The highest BCUT2D eigenvalue weighted by Crippen LogP contribution is 2.35. The number of aryl methyl sites for hydroxylation is 2. The first-order chi connectivity index (χ1) is 11.9. The molecular formula is C17H21Cl2N5OS. The molecular weight excluding hydrogens is 393 g/mol. The lowest BCUT2D eigenvalue weighted by molar-refractivity contribution is 0.0979. The van der Waals surface area contributed by atoms with Crippen molar-refractivity contribution < 1.29 is 4.79 Å². The Morgan fingerprint density at radius 1 is 1.27 bits per heavy atom. The van der Waals surface area contributed by atoms with Gasteiger partial charge in [-0.05, 0) is 38.7 Å². The van der Waals surface area contributed by atoms with E-state index in [4.69, 9.17) is 16.6 Å². The number of thiazole rings is 1. The van der Waals surface area contributed by atoms with E-state index in [0.717, 1.165) is 22.3 Å². The molecule has 0 saturated heterocycles. The number of nitrogens with zero attached hydrogens (tertiary/aromatic N) is 5. The zero-order valence-corrected chi connectivity index (χ0v) is 17.5. The number of benzene rings is 1. The van der Waals surface area contributed by atoms with E-state index >= 15 is 0 Å². The van der Waals surface area contributed by atoms with Gasteiger partial charge in [0.25, 0.3) is 5.91 Å². The monoisotopic (exact) mass is 413 g/mol. The number of likely N-dealkylation sites (N-methyl/N-ethyl adjacent to an activating group) is 1. The fraction of sp³-hybridized carbons (Fsp3) is 0.353. The summed E-state index contributed by atoms with van der Waals surface area (Å²) in [4.78, 5) is 21.4. The van der Waals surface area contributed by atoms with Crippen LogP contribution < -0.4 is 4.90 Å². The highest BCUT2D eigenvalue weighted by Gasteiger charge is 2.24. The molecule has 1 aromatic carbocycles. The summed E-state index contributed by atoms with van der Waals surface area (Å²) in [5.41, 5.74) is 2.29. The van der Waals surface area contributed by atoms with Crippen LogP contribution in [0, 0.1) is 6.92 Å². The Kier molecular flexibility index (Phi) is 6.63. The molecule has 0 aliphatic carbocycles. The van der Waals surface area contributed by atoms with Gasteiger partial charge < -0.3 is 4.90 Å². The average Bonchev–Trinajstić information content (AvgIpc) is 3.18. The second-order valence-corrected chi connectivity index (χ2v) is 7.56. The number of carbonyl (C=O) groups is 1. The van der Waals surface area contributed by atoms with Crippen molar-refractivity contribution in [1.82, 2.24) is 19.7 Å². The van der Waals surface area contributed by atoms with E-state index in [2.05, 4.69) is 5.10 Å². The summed E-state index contributed by atoms with van der Waals surface area (Å²) in [6.45, 7) is 3.24. The van der Waals surface area contributed by atoms with Crippen LogP contribution in [0.3, 0.4) is 0 Å². The van der Waals surface area contributed by atoms with Crippen molar-refractivity contribution >= 4 is 56.6 Å². The van der Waals surface area contributed by atoms with Crippen molar-refractivity contribution in [3.8, 4) is 0 Å². The van der Waals surface area contributed by atoms with Gasteiger partial charge in [0.05, 0.1) is 15.2 Å². The van der Waals surface area contributed by atoms with Gasteiger partial charge in [-0.15, -0.1) is 12.4 Å². The van der Waals surface area contributed by atoms with Gasteiger partial charge in [0.15, 0.2) is 10.8 Å². The van der Waals surface area contributed by atoms with Crippen LogP contribution in [0.15, 0.2) is 24.4 Å². The number of hydrogen-bond acceptors (Lipinski definition) is 5. The number of aromatic nitrogens is 3. The van der Waals surface area contributed by atoms with Crippen LogP contribution in [-0.4, -0.2) is 52.8 Å². The lowest BCUT2D eigenvalue weighted by atomic mass is 10.2. The summed E-state index contributed by atoms with van der Waals surface area (Å²) in [5, 5.41) is 5.53. The molecule has 3 rings (SSSR count). The first kappa shape index (κ1) is 20.6. The standard InChI is InChI=1S/C17H20ClN5OS.ClH/c1-11-5-6-12(18)15-14(11)19-17(25-15)23(10-9-21(2)3)16(24)13-7-8-22(4)20-13;/h5-8H,9-10H2,1-4H3;1H. The first-order valence-electron chi connectivity index (χ1n) is 7.88. The zero-order chi connectivity index (χ0) is 18.1. The van der Waals surface area contributed by atoms with Gasteiger partial charge in [-0.25, -0.2) is 4.98 Å². The SMILES string of the molecule is Cc1ccc(Cl)c2sc(N(CCN(C)C)C(=O)c3ccn(C)n3)nc12.Cl. The largest absolute Gasteiger partial charge is 0.308 e. The molecule has 0 atom stereocenters. The molecule has 0 saturated carbocycles. The van der Waals surface area contributed by atoms with Crippen molar-refractivity contribution in [1.29, 1.82) is 0 Å². The Morgan fingerprint density at radius 2 is 2.00 bits per heavy atom. The van der Waals surface area contributed by atoms with E-state index in [0.29, 0.717) is 22.4 Å². The normalized spacial score (nSPS) is 11.0. The van der Waals surface area contributed by atoms with E-state index in [1.165, 1.54) is 11.3 Å². The topological polar surface area (TPSA) is 54.3 Å². The third kappa shape index (κ3) is 4.17. The summed E-state index contributed by atoms with van der Waals surface area (Å²) in [6.07, 6.45) is 1.76. The fourth-order valence-electron chi connectivity index (χ4n) is 2.46. The van der Waals surface area contributed by atoms with E-state index in [1.807, 2.05) is 38.1 Å². The molecule has 0 aliphatic heterocycles. The van der Waals surface area contributed by atoms with Gasteiger partial charge in [-0.3, -0.25) is 14.4 Å². The minimum atomic E-state index is -0.157. The Morgan fingerprint density at radius 3 is 2.58 bits per heavy atom. The van der Waals surface area contributed by atoms with E-state index in [-0.39, 0.29) is 18.3 Å². The predicted octanol–water partition coefficient (Wildman–Crippen LogP) is 3.62. The zero-order valence-electron chi connectivity index (χ0n) is 15.1. The molecule has 0 spiro atoms. The van der Waals surface area contributed by atoms with Gasteiger partial charge in [0.1, 0.15) is 0 Å². The highest BCUT2D eigenvalue weighted by molar-refractivity contribution is 7.23. The second-order valence-electron chi connectivity index (χ2n) is 6.17. The molecule has 0 aliphatic rings. The minimum Gasteiger partial charge on any atom is -0.308 e. The van der Waals surface area contributed by atoms with E-state index < -0.39 is 0 Å². The van der Waals surface area contributed by atoms with Crippen LogP contribution in [0.1, 0.15) is 16.1 Å². The molecule has 9 heteroatoms. The summed E-state index contributed by atoms with van der Waals surface area (Å²) in [5.74, 6) is -0.157. The smallest absolute Gasteiger partial charge is 0.280 e. The van der Waals surface area contributed by atoms with Crippen LogP contribution in [0.4, 0.5) is 5.13 Å². The number of fused-ring (bicyclic) bond motifs is 1. The summed E-state index contributed by atoms with van der Waals surface area (Å²) < 4.78 is 2.52. The van der Waals surface area contributed by atoms with Crippen LogP contribution in [0.2, 0.25) is 5.02 Å². The summed E-state index contributed by atoms with van der Waals surface area (Å²) >= 11 is 7.75. The predicted molar refractivity (Wildman–Crippen MR) is 110 cm³/mol. The fourth-order valence-corrected chi connectivity index (χ4v) is 3.80. The van der Waals surface area contributed by atoms with Crippen LogP contribution in [-0.2, 0) is 7.05 Å². The molecule has 0 unspecified atom stereocenters. The molecule has 6 nitrogen and oxygen atoms in total. The molecule has 3 aromatic rings. The lowest BCUT2D eigenvalue weighted by Gasteiger charge is -2.21. The summed E-state index contributed by atoms with van der Waals surface area (Å²) in [6, 6.07) is 5.53. The van der Waals surface area contributed by atoms with Crippen molar-refractivity contribution in [2.24, 2.45) is 7.05 Å². The molecule has 140 valence electrons. The number of rotatable bonds is 5. The molecule has 26 heavy (non-hydrogen) atoms. The third-order valence-corrected chi connectivity index (χ3v) is 5.40. The quantitative estimate of drug-likeness (QED) is 0.640. The van der Waals surface area contributed by atoms with Crippen molar-refractivity contribution in [3.05, 3.63) is 40.7 Å². The van der Waals surface area contributed by atoms with Crippen molar-refractivity contribution in [3.63, 3.8) is 0 Å². The van der Waals surface area contributed by atoms with Gasteiger partial charge in [-0.1, -0.05) is 29.0 Å². The van der Waals surface area contributed by atoms with E-state index in [9.17, 15) is 4.79 Å². The van der Waals surface area contributed by atoms with Crippen LogP contribution >= 0.6 is 35.3 Å². The molecule has 0 N–H and O–H groups in total. The number of anilines is 1. The highest BCUT2D eigenvalue weighted by atomic mass is 35.5. The first-order valence-corrected chi connectivity index (χ1v) is 9.08. The van der Waals surface area contributed by atoms with Gasteiger partial charge in [-0.2, -0.15) is 5.10 Å². The maximum atomic E-state index is 13.0. The molecule has 2 heterocycles. The summed E-state index contributed by atoms with van der Waals surface area (Å²) in [7, 11) is 5.74. The minimum absolute atomic E-state index is 0. The average molecular weight is 414 g/mol. The molecule has 2 aromatic heterocycles. The second kappa shape index (κ2) is 8.35.